The first-order chi connectivity index (χ1) is 10.3. The largest absolute Gasteiger partial charge is 0.493 e. The van der Waals surface area contributed by atoms with E-state index in [1.165, 1.54) is 11.1 Å². The van der Waals surface area contributed by atoms with E-state index in [9.17, 15) is 0 Å². The second-order valence-corrected chi connectivity index (χ2v) is 5.71. The Morgan fingerprint density at radius 2 is 1.95 bits per heavy atom. The van der Waals surface area contributed by atoms with E-state index in [0.29, 0.717) is 23.3 Å². The zero-order chi connectivity index (χ0) is 14.7. The summed E-state index contributed by atoms with van der Waals surface area (Å²) in [6, 6.07) is 12.0. The summed E-state index contributed by atoms with van der Waals surface area (Å²) in [6.45, 7) is 1.39. The number of hydrogen-bond donors (Lipinski definition) is 0. The maximum Gasteiger partial charge on any atom is 0.137 e. The highest BCUT2D eigenvalue weighted by Crippen LogP contribution is 2.28. The van der Waals surface area contributed by atoms with Crippen molar-refractivity contribution in [3.63, 3.8) is 0 Å². The third-order valence-corrected chi connectivity index (χ3v) is 4.16. The molecule has 0 aliphatic carbocycles. The molecule has 1 heterocycles. The lowest BCUT2D eigenvalue weighted by Gasteiger charge is -2.09. The monoisotopic (exact) mass is 322 g/mol. The summed E-state index contributed by atoms with van der Waals surface area (Å²) in [7, 11) is 0. The van der Waals surface area contributed by atoms with Crippen molar-refractivity contribution >= 4 is 23.2 Å². The fraction of sp³-hybridized carbons (Fsp3) is 0.294. The fourth-order valence-electron chi connectivity index (χ4n) is 2.42. The lowest BCUT2D eigenvalue weighted by Crippen LogP contribution is -2.02. The summed E-state index contributed by atoms with van der Waals surface area (Å²) in [5, 5.41) is 0.607. The number of halogens is 2. The zero-order valence-electron chi connectivity index (χ0n) is 11.6. The van der Waals surface area contributed by atoms with E-state index >= 15 is 0 Å². The lowest BCUT2D eigenvalue weighted by molar-refractivity contribution is 0.322. The molecule has 0 bridgehead atoms. The molecule has 0 unspecified atom stereocenters. The predicted octanol–water partition coefficient (Wildman–Crippen LogP) is 4.64. The highest BCUT2D eigenvalue weighted by molar-refractivity contribution is 6.32. The van der Waals surface area contributed by atoms with Crippen LogP contribution in [0.25, 0.3) is 0 Å². The van der Waals surface area contributed by atoms with E-state index in [0.717, 1.165) is 30.8 Å². The average Bonchev–Trinajstić information content (AvgIpc) is 2.96. The van der Waals surface area contributed by atoms with Crippen LogP contribution in [0, 0.1) is 0 Å². The Kier molecular flexibility index (Phi) is 4.57. The Bertz CT molecular complexity index is 641. The van der Waals surface area contributed by atoms with Crippen LogP contribution in [0.2, 0.25) is 5.02 Å². The number of fused-ring (bicyclic) bond motifs is 1. The van der Waals surface area contributed by atoms with Gasteiger partial charge in [0.15, 0.2) is 0 Å². The molecule has 3 rings (SSSR count). The van der Waals surface area contributed by atoms with Gasteiger partial charge in [0.05, 0.1) is 18.2 Å². The summed E-state index contributed by atoms with van der Waals surface area (Å²) in [4.78, 5) is 0. The summed E-state index contributed by atoms with van der Waals surface area (Å²) in [5.41, 5.74) is 3.54. The van der Waals surface area contributed by atoms with Crippen molar-refractivity contribution in [1.29, 1.82) is 0 Å². The normalized spacial score (nSPS) is 12.9. The van der Waals surface area contributed by atoms with Gasteiger partial charge in [0.1, 0.15) is 11.5 Å². The molecule has 1 aliphatic rings. The van der Waals surface area contributed by atoms with Crippen LogP contribution in [0.5, 0.6) is 11.5 Å². The van der Waals surface area contributed by atoms with Crippen LogP contribution in [-0.4, -0.2) is 13.2 Å². The Hall–Kier alpha value is -1.38. The smallest absolute Gasteiger partial charge is 0.137 e. The predicted molar refractivity (Wildman–Crippen MR) is 85.8 cm³/mol. The molecule has 2 aromatic carbocycles. The molecule has 0 saturated carbocycles. The summed E-state index contributed by atoms with van der Waals surface area (Å²) >= 11 is 11.9. The maximum absolute atomic E-state index is 6.17. The quantitative estimate of drug-likeness (QED) is 0.747. The van der Waals surface area contributed by atoms with Gasteiger partial charge in [0.25, 0.3) is 0 Å². The number of hydrogen-bond acceptors (Lipinski definition) is 2. The molecule has 4 heteroatoms. The summed E-state index contributed by atoms with van der Waals surface area (Å²) in [6.07, 6.45) is 1.84. The zero-order valence-corrected chi connectivity index (χ0v) is 13.1. The number of ether oxygens (including phenoxy) is 2. The van der Waals surface area contributed by atoms with E-state index in [-0.39, 0.29) is 0 Å². The molecule has 110 valence electrons. The van der Waals surface area contributed by atoms with Gasteiger partial charge in [-0.3, -0.25) is 0 Å². The van der Waals surface area contributed by atoms with Gasteiger partial charge in [-0.15, -0.1) is 11.6 Å². The van der Waals surface area contributed by atoms with Crippen LogP contribution >= 0.6 is 23.2 Å². The van der Waals surface area contributed by atoms with Crippen LogP contribution in [0.1, 0.15) is 16.7 Å². The van der Waals surface area contributed by atoms with Gasteiger partial charge in [0, 0.05) is 18.7 Å². The first kappa shape index (κ1) is 14.6. The molecule has 0 saturated heterocycles. The first-order valence-corrected chi connectivity index (χ1v) is 7.89. The van der Waals surface area contributed by atoms with Crippen molar-refractivity contribution < 1.29 is 9.47 Å². The molecule has 0 spiro atoms. The van der Waals surface area contributed by atoms with Gasteiger partial charge in [-0.1, -0.05) is 29.8 Å². The number of benzene rings is 2. The molecular weight excluding hydrogens is 307 g/mol. The molecular formula is C17H16Cl2O2. The van der Waals surface area contributed by atoms with Gasteiger partial charge in [-0.05, 0) is 34.9 Å². The molecule has 0 fully saturated rings. The van der Waals surface area contributed by atoms with E-state index in [2.05, 4.69) is 12.1 Å². The van der Waals surface area contributed by atoms with E-state index in [4.69, 9.17) is 32.7 Å². The second kappa shape index (κ2) is 6.59. The highest BCUT2D eigenvalue weighted by atomic mass is 35.5. The van der Waals surface area contributed by atoms with Crippen LogP contribution in [0.4, 0.5) is 0 Å². The minimum Gasteiger partial charge on any atom is -0.493 e. The minimum absolute atomic E-state index is 0.456. The Labute approximate surface area is 134 Å². The minimum atomic E-state index is 0.456. The standard InChI is InChI=1S/C17H16Cl2O2/c18-11-13-2-4-17(15(19)10-13)21-7-5-12-1-3-16-14(9-12)6-8-20-16/h1-4,9-10H,5-8,11H2. The molecule has 2 aromatic rings. The summed E-state index contributed by atoms with van der Waals surface area (Å²) in [5.74, 6) is 2.17. The molecule has 0 N–H and O–H groups in total. The number of alkyl halides is 1. The average molecular weight is 323 g/mol. The Balaban J connectivity index is 1.58. The van der Waals surface area contributed by atoms with Gasteiger partial charge in [-0.25, -0.2) is 0 Å². The molecule has 0 amide bonds. The van der Waals surface area contributed by atoms with Crippen LogP contribution in [0.15, 0.2) is 36.4 Å². The van der Waals surface area contributed by atoms with Crippen molar-refractivity contribution in [1.82, 2.24) is 0 Å². The highest BCUT2D eigenvalue weighted by Gasteiger charge is 2.12. The summed E-state index contributed by atoms with van der Waals surface area (Å²) < 4.78 is 11.3. The molecule has 0 aromatic heterocycles. The van der Waals surface area contributed by atoms with Crippen molar-refractivity contribution in [2.45, 2.75) is 18.7 Å². The van der Waals surface area contributed by atoms with Crippen molar-refractivity contribution in [2.24, 2.45) is 0 Å². The molecule has 1 aliphatic heterocycles. The SMILES string of the molecule is ClCc1ccc(OCCc2ccc3c(c2)CCO3)c(Cl)c1. The van der Waals surface area contributed by atoms with Crippen LogP contribution in [0.3, 0.4) is 0 Å². The first-order valence-electron chi connectivity index (χ1n) is 6.98. The topological polar surface area (TPSA) is 18.5 Å². The third-order valence-electron chi connectivity index (χ3n) is 3.55. The molecule has 0 atom stereocenters. The third kappa shape index (κ3) is 3.45. The second-order valence-electron chi connectivity index (χ2n) is 5.04. The van der Waals surface area contributed by atoms with E-state index in [1.54, 1.807) is 0 Å². The number of rotatable bonds is 5. The van der Waals surface area contributed by atoms with E-state index in [1.807, 2.05) is 24.3 Å². The van der Waals surface area contributed by atoms with Crippen molar-refractivity contribution in [3.8, 4) is 11.5 Å². The maximum atomic E-state index is 6.17. The van der Waals surface area contributed by atoms with Crippen molar-refractivity contribution in [2.75, 3.05) is 13.2 Å². The molecule has 21 heavy (non-hydrogen) atoms. The molecule has 0 radical (unpaired) electrons. The molecule has 2 nitrogen and oxygen atoms in total. The lowest BCUT2D eigenvalue weighted by atomic mass is 10.1. The Morgan fingerprint density at radius 1 is 1.10 bits per heavy atom. The fourth-order valence-corrected chi connectivity index (χ4v) is 2.84. The van der Waals surface area contributed by atoms with Gasteiger partial charge >= 0.3 is 0 Å². The van der Waals surface area contributed by atoms with E-state index < -0.39 is 0 Å². The van der Waals surface area contributed by atoms with Gasteiger partial charge in [-0.2, -0.15) is 0 Å². The van der Waals surface area contributed by atoms with Gasteiger partial charge in [0.2, 0.25) is 0 Å². The van der Waals surface area contributed by atoms with Crippen molar-refractivity contribution in [3.05, 3.63) is 58.1 Å². The Morgan fingerprint density at radius 3 is 2.76 bits per heavy atom. The van der Waals surface area contributed by atoms with Crippen LogP contribution < -0.4 is 9.47 Å². The van der Waals surface area contributed by atoms with Gasteiger partial charge < -0.3 is 9.47 Å². The van der Waals surface area contributed by atoms with Crippen LogP contribution in [-0.2, 0) is 18.7 Å².